The highest BCUT2D eigenvalue weighted by atomic mass is 32.2. The molecule has 0 aliphatic heterocycles. The molecular formula is C11H13F2NO3S. The SMILES string of the molecule is CS(=O)(=O)CCC(N)C(=O)c1ccc(F)c(F)c1. The molecule has 0 aliphatic carbocycles. The number of halogens is 2. The lowest BCUT2D eigenvalue weighted by atomic mass is 10.0. The first-order valence-corrected chi connectivity index (χ1v) is 7.19. The Hall–Kier alpha value is -1.34. The van der Waals surface area contributed by atoms with Gasteiger partial charge in [-0.15, -0.1) is 0 Å². The van der Waals surface area contributed by atoms with E-state index in [-0.39, 0.29) is 17.7 Å². The van der Waals surface area contributed by atoms with Gasteiger partial charge in [0.25, 0.3) is 0 Å². The maximum absolute atomic E-state index is 12.9. The predicted octanol–water partition coefficient (Wildman–Crippen LogP) is 0.910. The van der Waals surface area contributed by atoms with Crippen molar-refractivity contribution in [3.8, 4) is 0 Å². The average molecular weight is 277 g/mol. The normalized spacial score (nSPS) is 13.3. The van der Waals surface area contributed by atoms with E-state index in [1.807, 2.05) is 0 Å². The van der Waals surface area contributed by atoms with E-state index in [2.05, 4.69) is 0 Å². The number of rotatable bonds is 5. The van der Waals surface area contributed by atoms with Gasteiger partial charge in [0, 0.05) is 11.8 Å². The van der Waals surface area contributed by atoms with E-state index in [9.17, 15) is 22.0 Å². The van der Waals surface area contributed by atoms with Crippen LogP contribution in [0.15, 0.2) is 18.2 Å². The van der Waals surface area contributed by atoms with Gasteiger partial charge in [0.05, 0.1) is 11.8 Å². The molecule has 0 aliphatic rings. The summed E-state index contributed by atoms with van der Waals surface area (Å²) in [4.78, 5) is 11.7. The van der Waals surface area contributed by atoms with Crippen molar-refractivity contribution < 1.29 is 22.0 Å². The molecule has 1 aromatic carbocycles. The molecule has 0 bridgehead atoms. The third-order valence-electron chi connectivity index (χ3n) is 2.34. The highest BCUT2D eigenvalue weighted by Crippen LogP contribution is 2.11. The van der Waals surface area contributed by atoms with Crippen molar-refractivity contribution in [2.24, 2.45) is 5.73 Å². The Kier molecular flexibility index (Phi) is 4.53. The Morgan fingerprint density at radius 3 is 2.44 bits per heavy atom. The Bertz CT molecular complexity index is 557. The second-order valence-electron chi connectivity index (χ2n) is 4.02. The summed E-state index contributed by atoms with van der Waals surface area (Å²) in [6.07, 6.45) is 0.971. The van der Waals surface area contributed by atoms with Gasteiger partial charge >= 0.3 is 0 Å². The number of benzene rings is 1. The van der Waals surface area contributed by atoms with Crippen LogP contribution in [0.1, 0.15) is 16.8 Å². The van der Waals surface area contributed by atoms with Gasteiger partial charge in [0.2, 0.25) is 0 Å². The summed E-state index contributed by atoms with van der Waals surface area (Å²) >= 11 is 0. The molecule has 1 aromatic rings. The van der Waals surface area contributed by atoms with Crippen LogP contribution in [0.25, 0.3) is 0 Å². The molecule has 7 heteroatoms. The van der Waals surface area contributed by atoms with Crippen LogP contribution in [-0.4, -0.2) is 32.3 Å². The molecule has 0 amide bonds. The Morgan fingerprint density at radius 1 is 1.33 bits per heavy atom. The van der Waals surface area contributed by atoms with E-state index in [1.54, 1.807) is 0 Å². The number of sulfone groups is 1. The number of Topliss-reactive ketones (excluding diaryl/α,β-unsaturated/α-hetero) is 1. The molecule has 100 valence electrons. The lowest BCUT2D eigenvalue weighted by Gasteiger charge is -2.10. The predicted molar refractivity (Wildman–Crippen MR) is 63.0 cm³/mol. The van der Waals surface area contributed by atoms with Gasteiger partial charge < -0.3 is 5.73 Å². The van der Waals surface area contributed by atoms with Gasteiger partial charge in [0.1, 0.15) is 9.84 Å². The van der Waals surface area contributed by atoms with Crippen molar-refractivity contribution in [1.29, 1.82) is 0 Å². The van der Waals surface area contributed by atoms with E-state index in [4.69, 9.17) is 5.73 Å². The van der Waals surface area contributed by atoms with Gasteiger partial charge in [0.15, 0.2) is 17.4 Å². The summed E-state index contributed by atoms with van der Waals surface area (Å²) in [6.45, 7) is 0. The van der Waals surface area contributed by atoms with E-state index >= 15 is 0 Å². The van der Waals surface area contributed by atoms with E-state index < -0.39 is 33.3 Å². The number of hydrogen-bond acceptors (Lipinski definition) is 4. The third-order valence-corrected chi connectivity index (χ3v) is 3.32. The van der Waals surface area contributed by atoms with Gasteiger partial charge in [-0.1, -0.05) is 0 Å². The molecule has 0 saturated heterocycles. The number of carbonyl (C=O) groups is 1. The zero-order chi connectivity index (χ0) is 13.9. The fraction of sp³-hybridized carbons (Fsp3) is 0.364. The van der Waals surface area contributed by atoms with Crippen molar-refractivity contribution in [2.75, 3.05) is 12.0 Å². The number of nitrogens with two attached hydrogens (primary N) is 1. The molecule has 2 N–H and O–H groups in total. The molecule has 0 saturated carbocycles. The minimum atomic E-state index is -3.22. The maximum atomic E-state index is 12.9. The molecule has 1 rings (SSSR count). The molecule has 4 nitrogen and oxygen atoms in total. The van der Waals surface area contributed by atoms with Crippen LogP contribution >= 0.6 is 0 Å². The van der Waals surface area contributed by atoms with E-state index in [0.29, 0.717) is 0 Å². The Labute approximate surface area is 104 Å². The first-order valence-electron chi connectivity index (χ1n) is 5.13. The first-order chi connectivity index (χ1) is 8.20. The van der Waals surface area contributed by atoms with Crippen molar-refractivity contribution in [2.45, 2.75) is 12.5 Å². The third kappa shape index (κ3) is 4.15. The van der Waals surface area contributed by atoms with Crippen LogP contribution in [-0.2, 0) is 9.84 Å². The quantitative estimate of drug-likeness (QED) is 0.811. The lowest BCUT2D eigenvalue weighted by molar-refractivity contribution is 0.0959. The van der Waals surface area contributed by atoms with Crippen molar-refractivity contribution in [3.63, 3.8) is 0 Å². The lowest BCUT2D eigenvalue weighted by Crippen LogP contribution is -2.32. The van der Waals surface area contributed by atoms with Crippen LogP contribution in [0, 0.1) is 11.6 Å². The summed E-state index contributed by atoms with van der Waals surface area (Å²) in [7, 11) is -3.22. The van der Waals surface area contributed by atoms with E-state index in [1.165, 1.54) is 0 Å². The topological polar surface area (TPSA) is 77.2 Å². The monoisotopic (exact) mass is 277 g/mol. The fourth-order valence-corrected chi connectivity index (χ4v) is 2.02. The first kappa shape index (κ1) is 14.7. The number of hydrogen-bond donors (Lipinski definition) is 1. The molecule has 0 heterocycles. The second kappa shape index (κ2) is 5.53. The maximum Gasteiger partial charge on any atom is 0.179 e. The molecule has 1 atom stereocenters. The van der Waals surface area contributed by atoms with Gasteiger partial charge in [-0.3, -0.25) is 4.79 Å². The minimum absolute atomic E-state index is 0.0589. The Morgan fingerprint density at radius 2 is 1.94 bits per heavy atom. The summed E-state index contributed by atoms with van der Waals surface area (Å²) in [5.41, 5.74) is 5.44. The average Bonchev–Trinajstić information content (AvgIpc) is 2.27. The highest BCUT2D eigenvalue weighted by molar-refractivity contribution is 7.90. The van der Waals surface area contributed by atoms with Gasteiger partial charge in [-0.2, -0.15) is 0 Å². The van der Waals surface area contributed by atoms with Crippen LogP contribution in [0.2, 0.25) is 0 Å². The van der Waals surface area contributed by atoms with Gasteiger partial charge in [-0.25, -0.2) is 17.2 Å². The van der Waals surface area contributed by atoms with Crippen molar-refractivity contribution >= 4 is 15.6 Å². The molecule has 0 aromatic heterocycles. The van der Waals surface area contributed by atoms with Crippen molar-refractivity contribution in [3.05, 3.63) is 35.4 Å². The zero-order valence-corrected chi connectivity index (χ0v) is 10.5. The standard InChI is InChI=1S/C11H13F2NO3S/c1-18(16,17)5-4-10(14)11(15)7-2-3-8(12)9(13)6-7/h2-3,6,10H,4-5,14H2,1H3. The molecule has 0 radical (unpaired) electrons. The highest BCUT2D eigenvalue weighted by Gasteiger charge is 2.18. The van der Waals surface area contributed by atoms with Crippen molar-refractivity contribution in [1.82, 2.24) is 0 Å². The molecule has 0 spiro atoms. The second-order valence-corrected chi connectivity index (χ2v) is 6.28. The summed E-state index contributed by atoms with van der Waals surface area (Å²) < 4.78 is 47.4. The summed E-state index contributed by atoms with van der Waals surface area (Å²) in [5.74, 6) is -3.05. The molecule has 1 unspecified atom stereocenters. The fourth-order valence-electron chi connectivity index (χ4n) is 1.34. The zero-order valence-electron chi connectivity index (χ0n) is 9.69. The molecular weight excluding hydrogens is 264 g/mol. The minimum Gasteiger partial charge on any atom is -0.321 e. The Balaban J connectivity index is 2.77. The van der Waals surface area contributed by atoms with Crippen LogP contribution in [0.3, 0.4) is 0 Å². The van der Waals surface area contributed by atoms with Crippen LogP contribution in [0.4, 0.5) is 8.78 Å². The molecule has 18 heavy (non-hydrogen) atoms. The smallest absolute Gasteiger partial charge is 0.179 e. The van der Waals surface area contributed by atoms with Gasteiger partial charge in [-0.05, 0) is 24.6 Å². The number of carbonyl (C=O) groups excluding carboxylic acids is 1. The number of ketones is 1. The summed E-state index contributed by atoms with van der Waals surface area (Å²) in [5, 5.41) is 0. The molecule has 0 fully saturated rings. The van der Waals surface area contributed by atoms with Crippen LogP contribution in [0.5, 0.6) is 0 Å². The summed E-state index contributed by atoms with van der Waals surface area (Å²) in [6, 6.07) is 1.63. The van der Waals surface area contributed by atoms with Crippen LogP contribution < -0.4 is 5.73 Å². The van der Waals surface area contributed by atoms with E-state index in [0.717, 1.165) is 24.5 Å². The largest absolute Gasteiger partial charge is 0.321 e.